The molecular formula is C24H16F3N3O3. The number of hydrogen-bond donors (Lipinski definition) is 1. The maximum absolute atomic E-state index is 13.2. The number of aromatic nitrogens is 2. The number of carbonyl (C=O) groups excluding carboxylic acids is 1. The van der Waals surface area contributed by atoms with E-state index in [1.807, 2.05) is 0 Å². The number of benzene rings is 2. The van der Waals surface area contributed by atoms with Crippen LogP contribution in [0.1, 0.15) is 26.3 Å². The number of anilines is 1. The van der Waals surface area contributed by atoms with Gasteiger partial charge in [-0.3, -0.25) is 14.7 Å². The number of fused-ring (bicyclic) bond motifs is 1. The Morgan fingerprint density at radius 1 is 0.970 bits per heavy atom. The molecule has 9 heteroatoms. The van der Waals surface area contributed by atoms with E-state index in [1.165, 1.54) is 42.4 Å². The molecule has 0 unspecified atom stereocenters. The number of pyridine rings is 2. The van der Waals surface area contributed by atoms with Crippen molar-refractivity contribution in [3.8, 4) is 11.3 Å². The summed E-state index contributed by atoms with van der Waals surface area (Å²) < 4.78 is 38.6. The zero-order valence-electron chi connectivity index (χ0n) is 17.2. The Labute approximate surface area is 186 Å². The van der Waals surface area contributed by atoms with Crippen LogP contribution in [-0.4, -0.2) is 34.0 Å². The lowest BCUT2D eigenvalue weighted by Crippen LogP contribution is -2.27. The van der Waals surface area contributed by atoms with Crippen molar-refractivity contribution in [3.63, 3.8) is 0 Å². The number of halogens is 3. The van der Waals surface area contributed by atoms with Crippen LogP contribution in [0, 0.1) is 0 Å². The number of nitrogens with zero attached hydrogens (tertiary/aromatic N) is 3. The van der Waals surface area contributed by atoms with Gasteiger partial charge in [-0.1, -0.05) is 12.1 Å². The summed E-state index contributed by atoms with van der Waals surface area (Å²) in [5, 5.41) is 9.73. The van der Waals surface area contributed by atoms with E-state index in [2.05, 4.69) is 9.97 Å². The molecule has 2 aromatic heterocycles. The maximum atomic E-state index is 13.2. The third-order valence-electron chi connectivity index (χ3n) is 5.09. The number of amides is 1. The van der Waals surface area contributed by atoms with Crippen molar-refractivity contribution in [3.05, 3.63) is 89.6 Å². The molecular weight excluding hydrogens is 435 g/mol. The Balaban J connectivity index is 1.67. The van der Waals surface area contributed by atoms with Crippen molar-refractivity contribution in [2.45, 2.75) is 6.18 Å². The van der Waals surface area contributed by atoms with Crippen LogP contribution < -0.4 is 4.90 Å². The summed E-state index contributed by atoms with van der Waals surface area (Å²) >= 11 is 0. The van der Waals surface area contributed by atoms with Crippen molar-refractivity contribution in [1.29, 1.82) is 0 Å². The first-order valence-corrected chi connectivity index (χ1v) is 9.70. The van der Waals surface area contributed by atoms with E-state index in [1.54, 1.807) is 30.3 Å². The van der Waals surface area contributed by atoms with Gasteiger partial charge in [0, 0.05) is 24.2 Å². The quantitative estimate of drug-likeness (QED) is 0.456. The highest BCUT2D eigenvalue weighted by Crippen LogP contribution is 2.31. The average Bonchev–Trinajstić information content (AvgIpc) is 2.82. The van der Waals surface area contributed by atoms with Crippen molar-refractivity contribution in [1.82, 2.24) is 9.97 Å². The Kier molecular flexibility index (Phi) is 5.55. The molecule has 0 aliphatic carbocycles. The lowest BCUT2D eigenvalue weighted by molar-refractivity contribution is -0.137. The van der Waals surface area contributed by atoms with Crippen LogP contribution in [0.25, 0.3) is 22.2 Å². The van der Waals surface area contributed by atoms with Gasteiger partial charge in [0.05, 0.1) is 27.9 Å². The highest BCUT2D eigenvalue weighted by atomic mass is 19.4. The zero-order chi connectivity index (χ0) is 23.8. The van der Waals surface area contributed by atoms with Gasteiger partial charge in [-0.15, -0.1) is 0 Å². The summed E-state index contributed by atoms with van der Waals surface area (Å²) in [6.45, 7) is 0. The fourth-order valence-corrected chi connectivity index (χ4v) is 3.34. The van der Waals surface area contributed by atoms with Gasteiger partial charge >= 0.3 is 12.1 Å². The molecule has 0 saturated heterocycles. The van der Waals surface area contributed by atoms with Gasteiger partial charge in [0.2, 0.25) is 0 Å². The number of aromatic carboxylic acids is 1. The minimum Gasteiger partial charge on any atom is -0.478 e. The normalized spacial score (nSPS) is 11.4. The molecule has 0 aliphatic rings. The van der Waals surface area contributed by atoms with Gasteiger partial charge in [0.25, 0.3) is 5.91 Å². The molecule has 2 aromatic carbocycles. The fourth-order valence-electron chi connectivity index (χ4n) is 3.34. The number of alkyl halides is 3. The Morgan fingerprint density at radius 3 is 2.36 bits per heavy atom. The molecule has 1 N–H and O–H groups in total. The first-order valence-electron chi connectivity index (χ1n) is 9.70. The summed E-state index contributed by atoms with van der Waals surface area (Å²) in [5.74, 6) is -1.19. The van der Waals surface area contributed by atoms with Crippen molar-refractivity contribution >= 4 is 28.6 Å². The zero-order valence-corrected chi connectivity index (χ0v) is 17.2. The minimum absolute atomic E-state index is 0.123. The molecule has 4 aromatic rings. The molecule has 0 radical (unpaired) electrons. The Bertz CT molecular complexity index is 1370. The molecule has 0 bridgehead atoms. The lowest BCUT2D eigenvalue weighted by Gasteiger charge is -2.18. The van der Waals surface area contributed by atoms with E-state index in [0.717, 1.165) is 12.1 Å². The SMILES string of the molecule is CN(C(=O)c1cccnc1-c1ccc(C(F)(F)F)cc1)c1ccc2cc(C(=O)O)ccc2n1. The molecule has 166 valence electrons. The Morgan fingerprint density at radius 2 is 1.70 bits per heavy atom. The first-order chi connectivity index (χ1) is 15.6. The van der Waals surface area contributed by atoms with Gasteiger partial charge in [0.1, 0.15) is 5.82 Å². The van der Waals surface area contributed by atoms with Crippen LogP contribution in [0.15, 0.2) is 72.9 Å². The third-order valence-corrected chi connectivity index (χ3v) is 5.09. The molecule has 0 fully saturated rings. The molecule has 0 aliphatic heterocycles. The van der Waals surface area contributed by atoms with Crippen LogP contribution >= 0.6 is 0 Å². The van der Waals surface area contributed by atoms with Crippen molar-refractivity contribution < 1.29 is 27.9 Å². The average molecular weight is 451 g/mol. The third kappa shape index (κ3) is 4.38. The summed E-state index contributed by atoms with van der Waals surface area (Å²) in [6, 6.07) is 15.2. The predicted molar refractivity (Wildman–Crippen MR) is 116 cm³/mol. The maximum Gasteiger partial charge on any atom is 0.416 e. The molecule has 0 spiro atoms. The van der Waals surface area contributed by atoms with Crippen LogP contribution in [-0.2, 0) is 6.18 Å². The van der Waals surface area contributed by atoms with E-state index < -0.39 is 23.6 Å². The summed E-state index contributed by atoms with van der Waals surface area (Å²) in [6.07, 6.45) is -3.01. The van der Waals surface area contributed by atoms with Gasteiger partial charge < -0.3 is 5.11 Å². The fraction of sp³-hybridized carbons (Fsp3) is 0.0833. The topological polar surface area (TPSA) is 83.4 Å². The van der Waals surface area contributed by atoms with Crippen molar-refractivity contribution in [2.24, 2.45) is 0 Å². The van der Waals surface area contributed by atoms with Crippen molar-refractivity contribution in [2.75, 3.05) is 11.9 Å². The Hall–Kier alpha value is -4.27. The second-order valence-corrected chi connectivity index (χ2v) is 7.22. The highest BCUT2D eigenvalue weighted by molar-refractivity contribution is 6.09. The number of rotatable bonds is 4. The van der Waals surface area contributed by atoms with Crippen LogP contribution in [0.3, 0.4) is 0 Å². The lowest BCUT2D eigenvalue weighted by atomic mass is 10.0. The number of carboxylic acid groups (broad SMARTS) is 1. The largest absolute Gasteiger partial charge is 0.478 e. The smallest absolute Gasteiger partial charge is 0.416 e. The summed E-state index contributed by atoms with van der Waals surface area (Å²) in [4.78, 5) is 34.3. The molecule has 33 heavy (non-hydrogen) atoms. The summed E-state index contributed by atoms with van der Waals surface area (Å²) in [5.41, 5.74) is 0.647. The molecule has 0 atom stereocenters. The van der Waals surface area contributed by atoms with Crippen LogP contribution in [0.2, 0.25) is 0 Å². The number of carbonyl (C=O) groups is 2. The number of carboxylic acids is 1. The van der Waals surface area contributed by atoms with E-state index in [4.69, 9.17) is 5.11 Å². The van der Waals surface area contributed by atoms with E-state index in [9.17, 15) is 22.8 Å². The van der Waals surface area contributed by atoms with Gasteiger partial charge in [-0.25, -0.2) is 9.78 Å². The van der Waals surface area contributed by atoms with Crippen LogP contribution in [0.4, 0.5) is 19.0 Å². The molecule has 1 amide bonds. The minimum atomic E-state index is -4.46. The van der Waals surface area contributed by atoms with Crippen LogP contribution in [0.5, 0.6) is 0 Å². The molecule has 6 nitrogen and oxygen atoms in total. The molecule has 4 rings (SSSR count). The standard InChI is InChI=1S/C24H16F3N3O3/c1-30(20-11-7-15-13-16(23(32)33)6-10-19(15)29-20)22(31)18-3-2-12-28-21(18)14-4-8-17(9-5-14)24(25,26)27/h2-13H,1H3,(H,32,33). The second-order valence-electron chi connectivity index (χ2n) is 7.22. The van der Waals surface area contributed by atoms with Gasteiger partial charge in [-0.2, -0.15) is 13.2 Å². The van der Waals surface area contributed by atoms with E-state index in [0.29, 0.717) is 22.3 Å². The van der Waals surface area contributed by atoms with Gasteiger partial charge in [-0.05, 0) is 54.6 Å². The first kappa shape index (κ1) is 21.9. The predicted octanol–water partition coefficient (Wildman–Crippen LogP) is 5.29. The van der Waals surface area contributed by atoms with E-state index in [-0.39, 0.29) is 16.8 Å². The summed E-state index contributed by atoms with van der Waals surface area (Å²) in [7, 11) is 1.52. The van der Waals surface area contributed by atoms with E-state index >= 15 is 0 Å². The number of hydrogen-bond acceptors (Lipinski definition) is 4. The highest BCUT2D eigenvalue weighted by Gasteiger charge is 2.30. The molecule has 2 heterocycles. The second kappa shape index (κ2) is 8.34. The molecule has 0 saturated carbocycles. The van der Waals surface area contributed by atoms with Gasteiger partial charge in [0.15, 0.2) is 0 Å². The monoisotopic (exact) mass is 451 g/mol.